The van der Waals surface area contributed by atoms with Gasteiger partial charge in [-0.05, 0) is 18.2 Å². The summed E-state index contributed by atoms with van der Waals surface area (Å²) in [5.74, 6) is 0.782. The minimum atomic E-state index is 0.653. The summed E-state index contributed by atoms with van der Waals surface area (Å²) < 4.78 is 7.03. The summed E-state index contributed by atoms with van der Waals surface area (Å²) in [6, 6.07) is 7.54. The number of hydrogen-bond acceptors (Lipinski definition) is 3. The molecule has 0 spiro atoms. The highest BCUT2D eigenvalue weighted by atomic mass is 35.5. The van der Waals surface area contributed by atoms with Crippen LogP contribution in [0.15, 0.2) is 36.7 Å². The first-order chi connectivity index (χ1) is 8.29. The van der Waals surface area contributed by atoms with Crippen LogP contribution in [-0.2, 0) is 11.3 Å². The maximum absolute atomic E-state index is 5.92. The Labute approximate surface area is 105 Å². The molecule has 0 unspecified atom stereocenters. The van der Waals surface area contributed by atoms with Crippen LogP contribution in [0.25, 0.3) is 0 Å². The van der Waals surface area contributed by atoms with Crippen LogP contribution in [0.4, 0.5) is 11.6 Å². The molecular weight excluding hydrogens is 238 g/mol. The molecule has 1 N–H and O–H groups in total. The number of imidazole rings is 1. The number of halogens is 1. The summed E-state index contributed by atoms with van der Waals surface area (Å²) in [6.45, 7) is 1.42. The fourth-order valence-corrected chi connectivity index (χ4v) is 1.69. The van der Waals surface area contributed by atoms with E-state index >= 15 is 0 Å². The highest BCUT2D eigenvalue weighted by Crippen LogP contribution is 2.18. The number of anilines is 2. The summed E-state index contributed by atoms with van der Waals surface area (Å²) in [4.78, 5) is 4.25. The molecule has 0 radical (unpaired) electrons. The predicted octanol–water partition coefficient (Wildman–Crippen LogP) is 2.93. The third-order valence-corrected chi connectivity index (χ3v) is 2.57. The minimum Gasteiger partial charge on any atom is -0.383 e. The SMILES string of the molecule is COCCn1ccnc1Nc1cccc(Cl)c1. The number of nitrogens with one attached hydrogen (secondary N) is 1. The van der Waals surface area contributed by atoms with Gasteiger partial charge in [0.1, 0.15) is 0 Å². The molecule has 0 saturated carbocycles. The standard InChI is InChI=1S/C12H14ClN3O/c1-17-8-7-16-6-5-14-12(16)15-11-4-2-3-10(13)9-11/h2-6,9H,7-8H2,1H3,(H,14,15). The number of aromatic nitrogens is 2. The van der Waals surface area contributed by atoms with Crippen molar-refractivity contribution < 1.29 is 4.74 Å². The molecule has 4 nitrogen and oxygen atoms in total. The summed E-state index contributed by atoms with van der Waals surface area (Å²) in [7, 11) is 1.68. The van der Waals surface area contributed by atoms with Gasteiger partial charge >= 0.3 is 0 Å². The number of nitrogens with zero attached hydrogens (tertiary/aromatic N) is 2. The van der Waals surface area contributed by atoms with Crippen LogP contribution in [0.5, 0.6) is 0 Å². The Morgan fingerprint density at radius 2 is 2.35 bits per heavy atom. The molecule has 2 rings (SSSR count). The smallest absolute Gasteiger partial charge is 0.207 e. The first kappa shape index (κ1) is 12.0. The van der Waals surface area contributed by atoms with Gasteiger partial charge in [-0.1, -0.05) is 17.7 Å². The Morgan fingerprint density at radius 1 is 1.47 bits per heavy atom. The normalized spacial score (nSPS) is 10.5. The van der Waals surface area contributed by atoms with Crippen molar-refractivity contribution in [2.45, 2.75) is 6.54 Å². The molecule has 0 fully saturated rings. The van der Waals surface area contributed by atoms with E-state index in [9.17, 15) is 0 Å². The van der Waals surface area contributed by atoms with Crippen molar-refractivity contribution in [2.75, 3.05) is 19.0 Å². The van der Waals surface area contributed by atoms with E-state index in [-0.39, 0.29) is 0 Å². The van der Waals surface area contributed by atoms with E-state index in [0.29, 0.717) is 11.6 Å². The maximum Gasteiger partial charge on any atom is 0.207 e. The van der Waals surface area contributed by atoms with Gasteiger partial charge in [0.25, 0.3) is 0 Å². The van der Waals surface area contributed by atoms with Crippen LogP contribution in [0.2, 0.25) is 5.02 Å². The van der Waals surface area contributed by atoms with Crippen molar-refractivity contribution in [3.63, 3.8) is 0 Å². The highest BCUT2D eigenvalue weighted by Gasteiger charge is 2.02. The summed E-state index contributed by atoms with van der Waals surface area (Å²) in [5, 5.41) is 3.91. The molecule has 0 bridgehead atoms. The van der Waals surface area contributed by atoms with E-state index in [2.05, 4.69) is 10.3 Å². The zero-order chi connectivity index (χ0) is 12.1. The van der Waals surface area contributed by atoms with Crippen molar-refractivity contribution in [3.8, 4) is 0 Å². The molecule has 0 aliphatic heterocycles. The van der Waals surface area contributed by atoms with Crippen molar-refractivity contribution in [2.24, 2.45) is 0 Å². The van der Waals surface area contributed by atoms with E-state index < -0.39 is 0 Å². The lowest BCUT2D eigenvalue weighted by molar-refractivity contribution is 0.188. The molecule has 1 aromatic heterocycles. The second-order valence-corrected chi connectivity index (χ2v) is 4.01. The first-order valence-corrected chi connectivity index (χ1v) is 5.70. The topological polar surface area (TPSA) is 39.1 Å². The average Bonchev–Trinajstić information content (AvgIpc) is 2.74. The van der Waals surface area contributed by atoms with Gasteiger partial charge in [-0.25, -0.2) is 4.98 Å². The van der Waals surface area contributed by atoms with Crippen LogP contribution in [0.1, 0.15) is 0 Å². The third kappa shape index (κ3) is 3.22. The number of rotatable bonds is 5. The zero-order valence-corrected chi connectivity index (χ0v) is 10.3. The van der Waals surface area contributed by atoms with Crippen molar-refractivity contribution in [3.05, 3.63) is 41.7 Å². The van der Waals surface area contributed by atoms with Crippen LogP contribution in [-0.4, -0.2) is 23.3 Å². The van der Waals surface area contributed by atoms with Crippen LogP contribution in [0, 0.1) is 0 Å². The molecule has 0 aliphatic rings. The fourth-order valence-electron chi connectivity index (χ4n) is 1.50. The highest BCUT2D eigenvalue weighted by molar-refractivity contribution is 6.30. The van der Waals surface area contributed by atoms with Crippen molar-refractivity contribution >= 4 is 23.2 Å². The number of benzene rings is 1. The summed E-state index contributed by atoms with van der Waals surface area (Å²) in [5.41, 5.74) is 0.919. The quantitative estimate of drug-likeness (QED) is 0.888. The van der Waals surface area contributed by atoms with E-state index in [1.54, 1.807) is 13.3 Å². The lowest BCUT2D eigenvalue weighted by atomic mass is 10.3. The van der Waals surface area contributed by atoms with E-state index in [0.717, 1.165) is 18.2 Å². The van der Waals surface area contributed by atoms with E-state index in [4.69, 9.17) is 16.3 Å². The minimum absolute atomic E-state index is 0.653. The Hall–Kier alpha value is -1.52. The zero-order valence-electron chi connectivity index (χ0n) is 9.56. The second-order valence-electron chi connectivity index (χ2n) is 3.57. The molecule has 17 heavy (non-hydrogen) atoms. The predicted molar refractivity (Wildman–Crippen MR) is 68.8 cm³/mol. The molecule has 5 heteroatoms. The largest absolute Gasteiger partial charge is 0.383 e. The van der Waals surface area contributed by atoms with Crippen LogP contribution >= 0.6 is 11.6 Å². The molecular formula is C12H14ClN3O. The van der Waals surface area contributed by atoms with Gasteiger partial charge in [0.15, 0.2) is 0 Å². The molecule has 1 aromatic carbocycles. The second kappa shape index (κ2) is 5.70. The lowest BCUT2D eigenvalue weighted by Gasteiger charge is -2.09. The molecule has 0 amide bonds. The Balaban J connectivity index is 2.10. The summed E-state index contributed by atoms with van der Waals surface area (Å²) in [6.07, 6.45) is 3.66. The molecule has 0 atom stereocenters. The Bertz CT molecular complexity index is 484. The molecule has 1 heterocycles. The molecule has 2 aromatic rings. The Kier molecular flexibility index (Phi) is 4.01. The van der Waals surface area contributed by atoms with E-state index in [1.165, 1.54) is 0 Å². The number of ether oxygens (including phenoxy) is 1. The maximum atomic E-state index is 5.92. The van der Waals surface area contributed by atoms with Gasteiger partial charge in [0, 0.05) is 36.8 Å². The fraction of sp³-hybridized carbons (Fsp3) is 0.250. The van der Waals surface area contributed by atoms with Gasteiger partial charge in [0.2, 0.25) is 5.95 Å². The van der Waals surface area contributed by atoms with Gasteiger partial charge in [-0.3, -0.25) is 0 Å². The lowest BCUT2D eigenvalue weighted by Crippen LogP contribution is -2.07. The number of methoxy groups -OCH3 is 1. The molecule has 0 aliphatic carbocycles. The molecule has 0 saturated heterocycles. The van der Waals surface area contributed by atoms with Gasteiger partial charge in [0.05, 0.1) is 6.61 Å². The van der Waals surface area contributed by atoms with Gasteiger partial charge in [-0.15, -0.1) is 0 Å². The average molecular weight is 252 g/mol. The first-order valence-electron chi connectivity index (χ1n) is 5.32. The molecule has 90 valence electrons. The summed E-state index contributed by atoms with van der Waals surface area (Å²) >= 11 is 5.92. The van der Waals surface area contributed by atoms with Gasteiger partial charge in [-0.2, -0.15) is 0 Å². The Morgan fingerprint density at radius 3 is 3.12 bits per heavy atom. The monoisotopic (exact) mass is 251 g/mol. The third-order valence-electron chi connectivity index (χ3n) is 2.33. The van der Waals surface area contributed by atoms with Crippen LogP contribution < -0.4 is 5.32 Å². The van der Waals surface area contributed by atoms with Crippen molar-refractivity contribution in [1.29, 1.82) is 0 Å². The van der Waals surface area contributed by atoms with Crippen LogP contribution in [0.3, 0.4) is 0 Å². The van der Waals surface area contributed by atoms with Crippen molar-refractivity contribution in [1.82, 2.24) is 9.55 Å². The number of hydrogen-bond donors (Lipinski definition) is 1. The van der Waals surface area contributed by atoms with Gasteiger partial charge < -0.3 is 14.6 Å². The van der Waals surface area contributed by atoms with E-state index in [1.807, 2.05) is 35.0 Å².